The van der Waals surface area contributed by atoms with Gasteiger partial charge in [0.2, 0.25) is 0 Å². The van der Waals surface area contributed by atoms with E-state index in [1.165, 1.54) is 0 Å². The van der Waals surface area contributed by atoms with E-state index in [2.05, 4.69) is 14.4 Å². The molecule has 2 heterocycles. The highest BCUT2D eigenvalue weighted by Gasteiger charge is 2.39. The van der Waals surface area contributed by atoms with Crippen LogP contribution in [0.3, 0.4) is 0 Å². The molecule has 0 fully saturated rings. The highest BCUT2D eigenvalue weighted by Crippen LogP contribution is 2.26. The van der Waals surface area contributed by atoms with Gasteiger partial charge in [0, 0.05) is 0 Å². The van der Waals surface area contributed by atoms with Crippen LogP contribution in [0, 0.1) is 0 Å². The van der Waals surface area contributed by atoms with Gasteiger partial charge in [-0.05, 0) is 18.9 Å². The highest BCUT2D eigenvalue weighted by atomic mass is 32.2. The van der Waals surface area contributed by atoms with Gasteiger partial charge in [-0.15, -0.1) is 0 Å². The fraction of sp³-hybridized carbons (Fsp3) is 0.375. The Hall–Kier alpha value is -1.50. The molecule has 0 radical (unpaired) electrons. The molecule has 6 nitrogen and oxygen atoms in total. The van der Waals surface area contributed by atoms with Crippen molar-refractivity contribution < 1.29 is 14.3 Å². The van der Waals surface area contributed by atoms with Crippen LogP contribution in [0.2, 0.25) is 0 Å². The zero-order valence-corrected chi connectivity index (χ0v) is 8.65. The number of carbonyl (C=O) groups is 2. The van der Waals surface area contributed by atoms with Crippen molar-refractivity contribution >= 4 is 41.6 Å². The molecule has 0 saturated heterocycles. The summed E-state index contributed by atoms with van der Waals surface area (Å²) < 4.78 is 8.67. The van der Waals surface area contributed by atoms with Crippen LogP contribution < -0.4 is 0 Å². The number of esters is 1. The maximum absolute atomic E-state index is 11.4. The van der Waals surface area contributed by atoms with Gasteiger partial charge in [-0.1, -0.05) is 0 Å². The summed E-state index contributed by atoms with van der Waals surface area (Å²) in [6.45, 7) is 1.97. The summed E-state index contributed by atoms with van der Waals surface area (Å²) in [5.41, 5.74) is 0.463. The molecular formula is C8H7N3O3S. The number of fused-ring (bicyclic) bond motifs is 1. The topological polar surface area (TPSA) is 80.5 Å². The van der Waals surface area contributed by atoms with E-state index in [0.717, 1.165) is 18.3 Å². The van der Waals surface area contributed by atoms with Crippen LogP contribution in [0.25, 0.3) is 0 Å². The lowest BCUT2D eigenvalue weighted by Crippen LogP contribution is -2.34. The monoisotopic (exact) mass is 225 g/mol. The minimum atomic E-state index is -0.575. The number of aliphatic imine (C=N–C) groups is 2. The number of amides is 1. The molecule has 0 N–H and O–H groups in total. The molecule has 0 aromatic rings. The van der Waals surface area contributed by atoms with Crippen molar-refractivity contribution in [2.24, 2.45) is 14.4 Å². The van der Waals surface area contributed by atoms with E-state index in [9.17, 15) is 9.59 Å². The molecule has 0 aromatic carbocycles. The fourth-order valence-electron chi connectivity index (χ4n) is 1.17. The van der Waals surface area contributed by atoms with E-state index in [-0.39, 0.29) is 18.2 Å². The van der Waals surface area contributed by atoms with Gasteiger partial charge in [0.15, 0.2) is 11.0 Å². The SMILES string of the molecule is CCOC(=O)C1=NSC2C(=O)N=CN=C12. The normalized spacial score (nSPS) is 23.3. The van der Waals surface area contributed by atoms with Crippen LogP contribution in [0.1, 0.15) is 6.92 Å². The van der Waals surface area contributed by atoms with Gasteiger partial charge in [-0.25, -0.2) is 19.2 Å². The molecule has 7 heteroatoms. The van der Waals surface area contributed by atoms with Gasteiger partial charge < -0.3 is 4.74 Å². The lowest BCUT2D eigenvalue weighted by atomic mass is 10.1. The van der Waals surface area contributed by atoms with E-state index in [4.69, 9.17) is 4.74 Å². The molecule has 1 atom stereocenters. The Kier molecular flexibility index (Phi) is 2.63. The summed E-state index contributed by atoms with van der Waals surface area (Å²) in [6, 6.07) is 0. The van der Waals surface area contributed by atoms with E-state index in [1.807, 2.05) is 0 Å². The third-order valence-corrected chi connectivity index (χ3v) is 2.74. The van der Waals surface area contributed by atoms with Crippen LogP contribution in [0.15, 0.2) is 14.4 Å². The van der Waals surface area contributed by atoms with E-state index < -0.39 is 11.2 Å². The Bertz CT molecular complexity index is 413. The van der Waals surface area contributed by atoms with E-state index >= 15 is 0 Å². The largest absolute Gasteiger partial charge is 0.461 e. The second-order valence-corrected chi connectivity index (χ2v) is 3.61. The van der Waals surface area contributed by atoms with Gasteiger partial charge in [0.1, 0.15) is 12.1 Å². The molecule has 0 bridgehead atoms. The molecule has 78 valence electrons. The van der Waals surface area contributed by atoms with Gasteiger partial charge >= 0.3 is 5.97 Å². The molecule has 0 saturated carbocycles. The molecule has 2 rings (SSSR count). The molecule has 2 aliphatic heterocycles. The van der Waals surface area contributed by atoms with Crippen LogP contribution in [-0.2, 0) is 14.3 Å². The van der Waals surface area contributed by atoms with Crippen molar-refractivity contribution in [3.8, 4) is 0 Å². The second kappa shape index (κ2) is 3.93. The quantitative estimate of drug-likeness (QED) is 0.490. The summed E-state index contributed by atoms with van der Waals surface area (Å²) in [7, 11) is 0. The van der Waals surface area contributed by atoms with Crippen molar-refractivity contribution in [3.63, 3.8) is 0 Å². The fourth-order valence-corrected chi connectivity index (χ4v) is 1.98. The predicted octanol–water partition coefficient (Wildman–Crippen LogP) is 0.0304. The Morgan fingerprint density at radius 3 is 3.20 bits per heavy atom. The van der Waals surface area contributed by atoms with Crippen molar-refractivity contribution in [1.29, 1.82) is 0 Å². The second-order valence-electron chi connectivity index (χ2n) is 2.74. The minimum Gasteiger partial charge on any atom is -0.461 e. The molecule has 1 amide bonds. The van der Waals surface area contributed by atoms with Crippen LogP contribution >= 0.6 is 11.9 Å². The molecule has 0 spiro atoms. The standard InChI is InChI=1S/C8H7N3O3S/c1-2-14-8(13)5-4-6(15-11-5)7(12)10-3-9-4/h3,6H,2H2,1H3. The zero-order chi connectivity index (χ0) is 10.8. The van der Waals surface area contributed by atoms with Gasteiger partial charge in [0.25, 0.3) is 5.91 Å². The van der Waals surface area contributed by atoms with Gasteiger partial charge in [-0.3, -0.25) is 4.79 Å². The van der Waals surface area contributed by atoms with E-state index in [0.29, 0.717) is 5.71 Å². The third kappa shape index (κ3) is 1.70. The van der Waals surface area contributed by atoms with Crippen LogP contribution in [0.4, 0.5) is 0 Å². The number of carbonyl (C=O) groups excluding carboxylic acids is 2. The lowest BCUT2D eigenvalue weighted by molar-refractivity contribution is -0.134. The number of ether oxygens (including phenoxy) is 1. The molecule has 2 aliphatic rings. The lowest BCUT2D eigenvalue weighted by Gasteiger charge is -2.08. The number of hydrogen-bond acceptors (Lipinski definition) is 6. The molecule has 15 heavy (non-hydrogen) atoms. The predicted molar refractivity (Wildman–Crippen MR) is 56.4 cm³/mol. The van der Waals surface area contributed by atoms with Gasteiger partial charge in [0.05, 0.1) is 6.61 Å². The Morgan fingerprint density at radius 2 is 2.47 bits per heavy atom. The Morgan fingerprint density at radius 1 is 1.67 bits per heavy atom. The average Bonchev–Trinajstić information content (AvgIpc) is 2.63. The first-order valence-corrected chi connectivity index (χ1v) is 5.13. The summed E-state index contributed by atoms with van der Waals surface area (Å²) in [6.07, 6.45) is 1.13. The first-order chi connectivity index (χ1) is 7.24. The third-order valence-electron chi connectivity index (χ3n) is 1.82. The van der Waals surface area contributed by atoms with Crippen LogP contribution in [0.5, 0.6) is 0 Å². The van der Waals surface area contributed by atoms with Crippen molar-refractivity contribution in [2.45, 2.75) is 12.2 Å². The van der Waals surface area contributed by atoms with Gasteiger partial charge in [-0.2, -0.15) is 0 Å². The minimum absolute atomic E-state index is 0.117. The molecule has 1 unspecified atom stereocenters. The summed E-state index contributed by atoms with van der Waals surface area (Å²) >= 11 is 0.990. The molecule has 0 aliphatic carbocycles. The summed E-state index contributed by atoms with van der Waals surface area (Å²) in [5, 5.41) is -0.575. The van der Waals surface area contributed by atoms with Crippen molar-refractivity contribution in [1.82, 2.24) is 0 Å². The number of hydrogen-bond donors (Lipinski definition) is 0. The van der Waals surface area contributed by atoms with Crippen molar-refractivity contribution in [2.75, 3.05) is 6.61 Å². The summed E-state index contributed by atoms with van der Waals surface area (Å²) in [4.78, 5) is 30.1. The zero-order valence-electron chi connectivity index (χ0n) is 7.84. The smallest absolute Gasteiger partial charge is 0.359 e. The number of nitrogens with zero attached hydrogens (tertiary/aromatic N) is 3. The maximum Gasteiger partial charge on any atom is 0.359 e. The molecular weight excluding hydrogens is 218 g/mol. The maximum atomic E-state index is 11.4. The van der Waals surface area contributed by atoms with E-state index in [1.54, 1.807) is 6.92 Å². The Labute approximate surface area is 89.7 Å². The van der Waals surface area contributed by atoms with Crippen LogP contribution in [-0.4, -0.2) is 41.5 Å². The first kappa shape index (κ1) is 10.0. The van der Waals surface area contributed by atoms with Crippen molar-refractivity contribution in [3.05, 3.63) is 0 Å². The summed E-state index contributed by atoms with van der Waals surface area (Å²) in [5.74, 6) is -0.887. The first-order valence-electron chi connectivity index (χ1n) is 4.29. The molecule has 0 aromatic heterocycles. The number of rotatable bonds is 2. The Balaban J connectivity index is 2.23. The highest BCUT2D eigenvalue weighted by molar-refractivity contribution is 8.01. The average molecular weight is 225 g/mol.